The van der Waals surface area contributed by atoms with Crippen molar-refractivity contribution in [2.24, 2.45) is 0 Å². The lowest BCUT2D eigenvalue weighted by Crippen LogP contribution is -2.03. The summed E-state index contributed by atoms with van der Waals surface area (Å²) >= 11 is 0. The lowest BCUT2D eigenvalue weighted by molar-refractivity contribution is 0.103. The largest absolute Gasteiger partial charge is 0.493 e. The quantitative estimate of drug-likeness (QED) is 0.727. The fourth-order valence-corrected chi connectivity index (χ4v) is 3.04. The van der Waals surface area contributed by atoms with Gasteiger partial charge in [0.15, 0.2) is 5.78 Å². The normalized spacial score (nSPS) is 13.2. The fraction of sp³-hybridized carbons (Fsp3) is 0.167. The number of carbonyl (C=O) groups is 1. The van der Waals surface area contributed by atoms with E-state index in [2.05, 4.69) is 4.98 Å². The number of aryl methyl sites for hydroxylation is 1. The van der Waals surface area contributed by atoms with Gasteiger partial charge in [0, 0.05) is 28.6 Å². The van der Waals surface area contributed by atoms with Crippen LogP contribution in [0.25, 0.3) is 10.9 Å². The predicted molar refractivity (Wildman–Crippen MR) is 82.1 cm³/mol. The van der Waals surface area contributed by atoms with Crippen LogP contribution >= 0.6 is 0 Å². The van der Waals surface area contributed by atoms with Gasteiger partial charge in [-0.05, 0) is 36.8 Å². The highest BCUT2D eigenvalue weighted by atomic mass is 16.5. The van der Waals surface area contributed by atoms with Crippen LogP contribution in [0.5, 0.6) is 5.75 Å². The number of rotatable bonds is 2. The van der Waals surface area contributed by atoms with E-state index in [0.29, 0.717) is 6.61 Å². The van der Waals surface area contributed by atoms with Crippen molar-refractivity contribution in [3.8, 4) is 5.75 Å². The van der Waals surface area contributed by atoms with Crippen molar-refractivity contribution in [1.82, 2.24) is 4.98 Å². The van der Waals surface area contributed by atoms with Crippen molar-refractivity contribution in [2.75, 3.05) is 6.61 Å². The number of hydrogen-bond acceptors (Lipinski definition) is 2. The molecule has 3 nitrogen and oxygen atoms in total. The summed E-state index contributed by atoms with van der Waals surface area (Å²) in [5, 5.41) is 0.983. The number of benzene rings is 2. The number of ether oxygens (including phenoxy) is 1. The maximum atomic E-state index is 12.9. The number of para-hydroxylation sites is 1. The van der Waals surface area contributed by atoms with Crippen LogP contribution in [0.3, 0.4) is 0 Å². The van der Waals surface area contributed by atoms with Crippen LogP contribution in [0.15, 0.2) is 42.5 Å². The van der Waals surface area contributed by atoms with Gasteiger partial charge in [-0.2, -0.15) is 0 Å². The highest BCUT2D eigenvalue weighted by Crippen LogP contribution is 2.29. The molecule has 2 heterocycles. The molecule has 0 radical (unpaired) electrons. The minimum Gasteiger partial charge on any atom is -0.493 e. The minimum absolute atomic E-state index is 0.0691. The van der Waals surface area contributed by atoms with Crippen LogP contribution < -0.4 is 4.74 Å². The van der Waals surface area contributed by atoms with E-state index in [1.165, 1.54) is 0 Å². The fourth-order valence-electron chi connectivity index (χ4n) is 3.04. The van der Waals surface area contributed by atoms with Crippen LogP contribution in [-0.2, 0) is 6.42 Å². The molecule has 0 amide bonds. The van der Waals surface area contributed by atoms with E-state index in [0.717, 1.165) is 45.5 Å². The summed E-state index contributed by atoms with van der Waals surface area (Å²) < 4.78 is 5.50. The lowest BCUT2D eigenvalue weighted by atomic mass is 9.98. The zero-order chi connectivity index (χ0) is 14.4. The number of aromatic amines is 1. The number of ketones is 1. The second-order valence-corrected chi connectivity index (χ2v) is 5.42. The van der Waals surface area contributed by atoms with Crippen molar-refractivity contribution >= 4 is 16.7 Å². The highest BCUT2D eigenvalue weighted by molar-refractivity contribution is 6.17. The van der Waals surface area contributed by atoms with Crippen LogP contribution in [0.2, 0.25) is 0 Å². The SMILES string of the molecule is Cc1[nH]c2ccccc2c1C(=O)c1ccc2c(c1)CCO2. The average molecular weight is 277 g/mol. The maximum absolute atomic E-state index is 12.9. The highest BCUT2D eigenvalue weighted by Gasteiger charge is 2.20. The van der Waals surface area contributed by atoms with Crippen LogP contribution in [-0.4, -0.2) is 17.4 Å². The van der Waals surface area contributed by atoms with E-state index in [1.54, 1.807) is 0 Å². The van der Waals surface area contributed by atoms with Crippen molar-refractivity contribution < 1.29 is 9.53 Å². The molecule has 2 aromatic carbocycles. The molecule has 0 bridgehead atoms. The number of H-pyrrole nitrogens is 1. The van der Waals surface area contributed by atoms with Gasteiger partial charge in [0.2, 0.25) is 0 Å². The molecule has 1 aliphatic heterocycles. The first kappa shape index (κ1) is 12.2. The summed E-state index contributed by atoms with van der Waals surface area (Å²) in [6, 6.07) is 13.6. The summed E-state index contributed by atoms with van der Waals surface area (Å²) in [7, 11) is 0. The molecular weight excluding hydrogens is 262 g/mol. The predicted octanol–water partition coefficient (Wildman–Crippen LogP) is 3.64. The van der Waals surface area contributed by atoms with Crippen molar-refractivity contribution in [3.05, 3.63) is 64.8 Å². The maximum Gasteiger partial charge on any atom is 0.195 e. The summed E-state index contributed by atoms with van der Waals surface area (Å²) in [5.41, 5.74) is 4.54. The summed E-state index contributed by atoms with van der Waals surface area (Å²) in [4.78, 5) is 16.2. The molecule has 0 saturated heterocycles. The Morgan fingerprint density at radius 3 is 2.95 bits per heavy atom. The Labute approximate surface area is 122 Å². The molecular formula is C18H15NO2. The third-order valence-electron chi connectivity index (χ3n) is 4.07. The first-order valence-corrected chi connectivity index (χ1v) is 7.12. The molecule has 0 unspecified atom stereocenters. The monoisotopic (exact) mass is 277 g/mol. The van der Waals surface area contributed by atoms with E-state index < -0.39 is 0 Å². The van der Waals surface area contributed by atoms with Gasteiger partial charge in [0.1, 0.15) is 5.75 Å². The smallest absolute Gasteiger partial charge is 0.195 e. The summed E-state index contributed by atoms with van der Waals surface area (Å²) in [6.07, 6.45) is 0.878. The Morgan fingerprint density at radius 2 is 2.05 bits per heavy atom. The summed E-state index contributed by atoms with van der Waals surface area (Å²) in [6.45, 7) is 2.66. The first-order valence-electron chi connectivity index (χ1n) is 7.12. The van der Waals surface area contributed by atoms with Crippen molar-refractivity contribution in [1.29, 1.82) is 0 Å². The van der Waals surface area contributed by atoms with Gasteiger partial charge in [-0.25, -0.2) is 0 Å². The Balaban J connectivity index is 1.85. The van der Waals surface area contributed by atoms with E-state index >= 15 is 0 Å². The molecule has 4 rings (SSSR count). The zero-order valence-electron chi connectivity index (χ0n) is 11.8. The van der Waals surface area contributed by atoms with Crippen LogP contribution in [0, 0.1) is 6.92 Å². The van der Waals surface area contributed by atoms with Gasteiger partial charge < -0.3 is 9.72 Å². The van der Waals surface area contributed by atoms with E-state index in [-0.39, 0.29) is 5.78 Å². The minimum atomic E-state index is 0.0691. The van der Waals surface area contributed by atoms with E-state index in [4.69, 9.17) is 4.74 Å². The van der Waals surface area contributed by atoms with Gasteiger partial charge in [0.05, 0.1) is 12.2 Å². The van der Waals surface area contributed by atoms with Crippen molar-refractivity contribution in [3.63, 3.8) is 0 Å². The Kier molecular flexibility index (Phi) is 2.61. The first-order chi connectivity index (χ1) is 10.2. The van der Waals surface area contributed by atoms with Gasteiger partial charge in [-0.15, -0.1) is 0 Å². The third kappa shape index (κ3) is 1.85. The second kappa shape index (κ2) is 4.48. The van der Waals surface area contributed by atoms with E-state index in [9.17, 15) is 4.79 Å². The molecule has 0 saturated carbocycles. The number of carbonyl (C=O) groups excluding carboxylic acids is 1. The molecule has 3 heteroatoms. The van der Waals surface area contributed by atoms with Crippen molar-refractivity contribution in [2.45, 2.75) is 13.3 Å². The van der Waals surface area contributed by atoms with Gasteiger partial charge >= 0.3 is 0 Å². The van der Waals surface area contributed by atoms with Gasteiger partial charge in [-0.3, -0.25) is 4.79 Å². The zero-order valence-corrected chi connectivity index (χ0v) is 11.8. The van der Waals surface area contributed by atoms with Crippen LogP contribution in [0.1, 0.15) is 27.2 Å². The lowest BCUT2D eigenvalue weighted by Gasteiger charge is -2.04. The molecule has 0 spiro atoms. The Bertz CT molecular complexity index is 861. The molecule has 1 aliphatic rings. The van der Waals surface area contributed by atoms with Gasteiger partial charge in [0.25, 0.3) is 0 Å². The Morgan fingerprint density at radius 1 is 1.19 bits per heavy atom. The van der Waals surface area contributed by atoms with E-state index in [1.807, 2.05) is 49.4 Å². The molecule has 0 atom stereocenters. The number of aromatic nitrogens is 1. The van der Waals surface area contributed by atoms with Crippen LogP contribution in [0.4, 0.5) is 0 Å². The Hall–Kier alpha value is -2.55. The number of hydrogen-bond donors (Lipinski definition) is 1. The topological polar surface area (TPSA) is 42.1 Å². The number of fused-ring (bicyclic) bond motifs is 2. The molecule has 0 fully saturated rings. The molecule has 1 aromatic heterocycles. The second-order valence-electron chi connectivity index (χ2n) is 5.42. The standard InChI is InChI=1S/C18H15NO2/c1-11-17(14-4-2-3-5-15(14)19-11)18(20)13-6-7-16-12(10-13)8-9-21-16/h2-7,10,19H,8-9H2,1H3. The molecule has 1 N–H and O–H groups in total. The molecule has 0 aliphatic carbocycles. The molecule has 3 aromatic rings. The third-order valence-corrected chi connectivity index (χ3v) is 4.07. The molecule has 21 heavy (non-hydrogen) atoms. The van der Waals surface area contributed by atoms with Gasteiger partial charge in [-0.1, -0.05) is 18.2 Å². The average Bonchev–Trinajstić information content (AvgIpc) is 3.08. The summed E-state index contributed by atoms with van der Waals surface area (Å²) in [5.74, 6) is 0.974. The molecule has 104 valence electrons. The number of nitrogens with one attached hydrogen (secondary N) is 1.